The molecule has 0 spiro atoms. The standard InChI is InChI=1S/C24H24ClN3O3S/c1-3-11-31-18-9-7-16(8-10-18)19-13-20(29)26-22-21(19)23(30)27-24(28(22)2)32-14-15-5-4-6-17(25)12-15/h4-10,12,19H,3,11,13-14H2,1-2H3,(H,26,29)/t19-/m1/s1. The van der Waals surface area contributed by atoms with E-state index in [1.165, 1.54) is 11.8 Å². The van der Waals surface area contributed by atoms with E-state index in [2.05, 4.69) is 17.2 Å². The number of benzene rings is 2. The average molecular weight is 470 g/mol. The summed E-state index contributed by atoms with van der Waals surface area (Å²) in [7, 11) is 1.82. The molecule has 3 aromatic rings. The Kier molecular flexibility index (Phi) is 6.86. The van der Waals surface area contributed by atoms with Crippen molar-refractivity contribution in [2.45, 2.75) is 36.6 Å². The topological polar surface area (TPSA) is 73.2 Å². The first-order chi connectivity index (χ1) is 15.5. The Morgan fingerprint density at radius 1 is 1.22 bits per heavy atom. The summed E-state index contributed by atoms with van der Waals surface area (Å²) in [5.41, 5.74) is 2.12. The van der Waals surface area contributed by atoms with Crippen LogP contribution >= 0.6 is 23.4 Å². The van der Waals surface area contributed by atoms with Gasteiger partial charge in [-0.15, -0.1) is 0 Å². The third kappa shape index (κ3) is 4.84. The predicted octanol–water partition coefficient (Wildman–Crippen LogP) is 4.99. The summed E-state index contributed by atoms with van der Waals surface area (Å²) in [6, 6.07) is 15.2. The van der Waals surface area contributed by atoms with Crippen molar-refractivity contribution in [3.8, 4) is 5.75 Å². The number of anilines is 1. The molecule has 1 amide bonds. The molecule has 0 aliphatic carbocycles. The second-order valence-electron chi connectivity index (χ2n) is 7.66. The zero-order chi connectivity index (χ0) is 22.7. The van der Waals surface area contributed by atoms with Crippen molar-refractivity contribution in [3.63, 3.8) is 0 Å². The van der Waals surface area contributed by atoms with Crippen LogP contribution in [0.3, 0.4) is 0 Å². The molecule has 6 nitrogen and oxygen atoms in total. The van der Waals surface area contributed by atoms with Gasteiger partial charge in [0.1, 0.15) is 11.6 Å². The van der Waals surface area contributed by atoms with Gasteiger partial charge in [-0.3, -0.25) is 9.59 Å². The highest BCUT2D eigenvalue weighted by Gasteiger charge is 2.32. The number of carbonyl (C=O) groups excluding carboxylic acids is 1. The van der Waals surface area contributed by atoms with E-state index in [1.807, 2.05) is 55.6 Å². The fourth-order valence-electron chi connectivity index (χ4n) is 3.74. The van der Waals surface area contributed by atoms with E-state index in [0.29, 0.717) is 33.9 Å². The first kappa shape index (κ1) is 22.4. The number of hydrogen-bond acceptors (Lipinski definition) is 5. The SMILES string of the molecule is CCCOc1ccc([C@H]2CC(=O)Nc3c2c(=O)nc(SCc2cccc(Cl)c2)n3C)cc1. The molecule has 0 saturated heterocycles. The third-order valence-corrected chi connectivity index (χ3v) is 6.65. The van der Waals surface area contributed by atoms with Crippen molar-refractivity contribution in [3.05, 3.63) is 80.6 Å². The maximum Gasteiger partial charge on any atom is 0.279 e. The molecule has 2 aromatic carbocycles. The van der Waals surface area contributed by atoms with E-state index < -0.39 is 0 Å². The molecular weight excluding hydrogens is 446 g/mol. The summed E-state index contributed by atoms with van der Waals surface area (Å²) in [4.78, 5) is 29.9. The van der Waals surface area contributed by atoms with Crippen molar-refractivity contribution in [1.82, 2.24) is 9.55 Å². The van der Waals surface area contributed by atoms with Crippen LogP contribution < -0.4 is 15.6 Å². The number of rotatable bonds is 7. The lowest BCUT2D eigenvalue weighted by Crippen LogP contribution is -2.33. The summed E-state index contributed by atoms with van der Waals surface area (Å²) in [5.74, 6) is 1.41. The van der Waals surface area contributed by atoms with Gasteiger partial charge in [-0.25, -0.2) is 0 Å². The van der Waals surface area contributed by atoms with Crippen molar-refractivity contribution < 1.29 is 9.53 Å². The zero-order valence-corrected chi connectivity index (χ0v) is 19.5. The number of nitrogens with zero attached hydrogens (tertiary/aromatic N) is 2. The lowest BCUT2D eigenvalue weighted by Gasteiger charge is -2.27. The molecule has 1 N–H and O–H groups in total. The normalized spacial score (nSPS) is 15.2. The van der Waals surface area contributed by atoms with Gasteiger partial charge in [-0.05, 0) is 41.8 Å². The number of aromatic nitrogens is 2. The predicted molar refractivity (Wildman–Crippen MR) is 128 cm³/mol. The number of carbonyl (C=O) groups is 1. The van der Waals surface area contributed by atoms with Crippen molar-refractivity contribution in [2.24, 2.45) is 7.05 Å². The monoisotopic (exact) mass is 469 g/mol. The first-order valence-corrected chi connectivity index (χ1v) is 11.8. The maximum atomic E-state index is 13.1. The Balaban J connectivity index is 1.64. The lowest BCUT2D eigenvalue weighted by atomic mass is 9.87. The fraction of sp³-hybridized carbons (Fsp3) is 0.292. The highest BCUT2D eigenvalue weighted by molar-refractivity contribution is 7.98. The van der Waals surface area contributed by atoms with Gasteiger partial charge in [0.2, 0.25) is 5.91 Å². The van der Waals surface area contributed by atoms with Gasteiger partial charge in [-0.2, -0.15) is 4.98 Å². The van der Waals surface area contributed by atoms with Crippen LogP contribution in [-0.4, -0.2) is 22.1 Å². The van der Waals surface area contributed by atoms with Gasteiger partial charge >= 0.3 is 0 Å². The Hall–Kier alpha value is -2.77. The maximum absolute atomic E-state index is 13.1. The molecule has 32 heavy (non-hydrogen) atoms. The van der Waals surface area contributed by atoms with Gasteiger partial charge in [0, 0.05) is 30.2 Å². The number of halogens is 1. The second kappa shape index (κ2) is 9.79. The number of nitrogens with one attached hydrogen (secondary N) is 1. The average Bonchev–Trinajstić information content (AvgIpc) is 2.79. The molecule has 8 heteroatoms. The van der Waals surface area contributed by atoms with Gasteiger partial charge in [0.05, 0.1) is 12.2 Å². The van der Waals surface area contributed by atoms with Gasteiger partial charge in [0.25, 0.3) is 5.56 Å². The minimum Gasteiger partial charge on any atom is -0.494 e. The molecule has 0 fully saturated rings. The summed E-state index contributed by atoms with van der Waals surface area (Å²) < 4.78 is 7.44. The van der Waals surface area contributed by atoms with E-state index in [-0.39, 0.29) is 23.8 Å². The van der Waals surface area contributed by atoms with E-state index in [0.717, 1.165) is 23.3 Å². The second-order valence-corrected chi connectivity index (χ2v) is 9.04. The molecule has 0 unspecified atom stereocenters. The molecule has 166 valence electrons. The molecular formula is C24H24ClN3O3S. The molecule has 0 radical (unpaired) electrons. The number of fused-ring (bicyclic) bond motifs is 1. The van der Waals surface area contributed by atoms with Crippen LogP contribution in [0, 0.1) is 0 Å². The van der Waals surface area contributed by atoms with Gasteiger partial charge < -0.3 is 14.6 Å². The van der Waals surface area contributed by atoms with E-state index in [4.69, 9.17) is 16.3 Å². The minimum absolute atomic E-state index is 0.124. The molecule has 1 aliphatic rings. The van der Waals surface area contributed by atoms with Crippen LogP contribution in [0.4, 0.5) is 5.82 Å². The van der Waals surface area contributed by atoms with Crippen molar-refractivity contribution in [1.29, 1.82) is 0 Å². The highest BCUT2D eigenvalue weighted by atomic mass is 35.5. The molecule has 4 rings (SSSR count). The first-order valence-electron chi connectivity index (χ1n) is 10.5. The number of hydrogen-bond donors (Lipinski definition) is 1. The Bertz CT molecular complexity index is 1190. The minimum atomic E-state index is -0.350. The molecule has 1 aromatic heterocycles. The number of amides is 1. The Morgan fingerprint density at radius 3 is 2.72 bits per heavy atom. The summed E-state index contributed by atoms with van der Waals surface area (Å²) in [6.45, 7) is 2.70. The van der Waals surface area contributed by atoms with E-state index in [9.17, 15) is 9.59 Å². The van der Waals surface area contributed by atoms with E-state index >= 15 is 0 Å². The summed E-state index contributed by atoms with van der Waals surface area (Å²) in [5, 5.41) is 4.08. The number of thioether (sulfide) groups is 1. The smallest absolute Gasteiger partial charge is 0.279 e. The van der Waals surface area contributed by atoms with Crippen LogP contribution in [0.1, 0.15) is 42.4 Å². The van der Waals surface area contributed by atoms with Crippen LogP contribution in [0.5, 0.6) is 5.75 Å². The Morgan fingerprint density at radius 2 is 2.00 bits per heavy atom. The molecule has 0 bridgehead atoms. The van der Waals surface area contributed by atoms with Crippen molar-refractivity contribution >= 4 is 35.1 Å². The molecule has 2 heterocycles. The van der Waals surface area contributed by atoms with Crippen LogP contribution in [0.2, 0.25) is 5.02 Å². The van der Waals surface area contributed by atoms with Crippen molar-refractivity contribution in [2.75, 3.05) is 11.9 Å². The lowest BCUT2D eigenvalue weighted by molar-refractivity contribution is -0.116. The molecule has 0 saturated carbocycles. The van der Waals surface area contributed by atoms with E-state index in [1.54, 1.807) is 4.57 Å². The zero-order valence-electron chi connectivity index (χ0n) is 17.9. The molecule has 1 atom stereocenters. The Labute approximate surface area is 196 Å². The van der Waals surface area contributed by atoms with Crippen LogP contribution in [0.25, 0.3) is 0 Å². The van der Waals surface area contributed by atoms with Gasteiger partial charge in [0.15, 0.2) is 5.16 Å². The molecule has 1 aliphatic heterocycles. The summed E-state index contributed by atoms with van der Waals surface area (Å²) in [6.07, 6.45) is 1.13. The largest absolute Gasteiger partial charge is 0.494 e. The van der Waals surface area contributed by atoms with Crippen LogP contribution in [-0.2, 0) is 17.6 Å². The fourth-order valence-corrected chi connectivity index (χ4v) is 4.86. The summed E-state index contributed by atoms with van der Waals surface area (Å²) >= 11 is 7.50. The number of ether oxygens (including phenoxy) is 1. The highest BCUT2D eigenvalue weighted by Crippen LogP contribution is 2.36. The quantitative estimate of drug-likeness (QED) is 0.390. The van der Waals surface area contributed by atoms with Crippen LogP contribution in [0.15, 0.2) is 58.5 Å². The van der Waals surface area contributed by atoms with Gasteiger partial charge in [-0.1, -0.05) is 54.6 Å². The third-order valence-electron chi connectivity index (χ3n) is 5.31.